The second kappa shape index (κ2) is 6.76. The van der Waals surface area contributed by atoms with Crippen LogP contribution in [0.15, 0.2) is 79.0 Å². The Morgan fingerprint density at radius 1 is 0.864 bits per heavy atom. The largest absolute Gasteiger partial charge is 0.497 e. The molecule has 0 fully saturated rings. The number of nitrogens with zero attached hydrogens (tertiary/aromatic N) is 1. The predicted molar refractivity (Wildman–Crippen MR) is 89.1 cm³/mol. The lowest BCUT2D eigenvalue weighted by atomic mass is 10.0. The SMILES string of the molecule is COc1ccc(NC(c2ccccc2)c2ccccn2)cc1. The maximum Gasteiger partial charge on any atom is 0.119 e. The molecular weight excluding hydrogens is 272 g/mol. The Morgan fingerprint density at radius 2 is 1.59 bits per heavy atom. The fourth-order valence-electron chi connectivity index (χ4n) is 2.37. The average Bonchev–Trinajstić information content (AvgIpc) is 2.62. The van der Waals surface area contributed by atoms with Crippen molar-refractivity contribution in [2.24, 2.45) is 0 Å². The molecule has 22 heavy (non-hydrogen) atoms. The summed E-state index contributed by atoms with van der Waals surface area (Å²) in [6.45, 7) is 0. The molecular formula is C19H18N2O. The van der Waals surface area contributed by atoms with E-state index in [2.05, 4.69) is 22.4 Å². The minimum absolute atomic E-state index is 0.01000. The molecule has 0 aliphatic rings. The van der Waals surface area contributed by atoms with Gasteiger partial charge in [0.1, 0.15) is 5.75 Å². The Kier molecular flexibility index (Phi) is 4.35. The van der Waals surface area contributed by atoms with Gasteiger partial charge in [0.15, 0.2) is 0 Å². The lowest BCUT2D eigenvalue weighted by molar-refractivity contribution is 0.415. The van der Waals surface area contributed by atoms with E-state index in [1.54, 1.807) is 7.11 Å². The van der Waals surface area contributed by atoms with Crippen molar-refractivity contribution in [3.8, 4) is 5.75 Å². The normalized spacial score (nSPS) is 11.7. The molecule has 1 N–H and O–H groups in total. The van der Waals surface area contributed by atoms with Crippen LogP contribution >= 0.6 is 0 Å². The lowest BCUT2D eigenvalue weighted by Gasteiger charge is -2.20. The molecule has 3 heteroatoms. The maximum atomic E-state index is 5.20. The molecule has 0 aliphatic carbocycles. The second-order valence-electron chi connectivity index (χ2n) is 4.97. The van der Waals surface area contributed by atoms with E-state index in [0.717, 1.165) is 17.1 Å². The van der Waals surface area contributed by atoms with Crippen molar-refractivity contribution in [2.45, 2.75) is 6.04 Å². The number of hydrogen-bond acceptors (Lipinski definition) is 3. The summed E-state index contributed by atoms with van der Waals surface area (Å²) < 4.78 is 5.20. The first-order valence-corrected chi connectivity index (χ1v) is 7.23. The molecule has 1 aromatic heterocycles. The van der Waals surface area contributed by atoms with Crippen LogP contribution in [0.4, 0.5) is 5.69 Å². The zero-order valence-electron chi connectivity index (χ0n) is 12.4. The van der Waals surface area contributed by atoms with Crippen LogP contribution in [0.5, 0.6) is 5.75 Å². The van der Waals surface area contributed by atoms with E-state index in [1.807, 2.05) is 66.9 Å². The number of pyridine rings is 1. The van der Waals surface area contributed by atoms with Crippen molar-refractivity contribution in [3.63, 3.8) is 0 Å². The van der Waals surface area contributed by atoms with Crippen molar-refractivity contribution < 1.29 is 4.74 Å². The van der Waals surface area contributed by atoms with Crippen LogP contribution in [0, 0.1) is 0 Å². The van der Waals surface area contributed by atoms with E-state index in [-0.39, 0.29) is 6.04 Å². The van der Waals surface area contributed by atoms with Gasteiger partial charge < -0.3 is 10.1 Å². The number of anilines is 1. The highest BCUT2D eigenvalue weighted by Crippen LogP contribution is 2.26. The van der Waals surface area contributed by atoms with Gasteiger partial charge in [-0.05, 0) is 42.0 Å². The number of benzene rings is 2. The maximum absolute atomic E-state index is 5.20. The summed E-state index contributed by atoms with van der Waals surface area (Å²) in [6.07, 6.45) is 1.82. The smallest absolute Gasteiger partial charge is 0.119 e. The van der Waals surface area contributed by atoms with Gasteiger partial charge in [0.05, 0.1) is 18.8 Å². The molecule has 0 aliphatic heterocycles. The Labute approximate surface area is 130 Å². The van der Waals surface area contributed by atoms with Crippen LogP contribution in [0.3, 0.4) is 0 Å². The number of nitrogens with one attached hydrogen (secondary N) is 1. The monoisotopic (exact) mass is 290 g/mol. The molecule has 0 saturated carbocycles. The molecule has 3 nitrogen and oxygen atoms in total. The van der Waals surface area contributed by atoms with E-state index in [1.165, 1.54) is 5.56 Å². The van der Waals surface area contributed by atoms with Crippen molar-refractivity contribution in [1.82, 2.24) is 4.98 Å². The number of aromatic nitrogens is 1. The highest BCUT2D eigenvalue weighted by Gasteiger charge is 2.14. The molecule has 3 rings (SSSR count). The van der Waals surface area contributed by atoms with Crippen LogP contribution in [0.1, 0.15) is 17.3 Å². The van der Waals surface area contributed by atoms with Gasteiger partial charge in [-0.2, -0.15) is 0 Å². The number of rotatable bonds is 5. The third-order valence-corrected chi connectivity index (χ3v) is 3.52. The highest BCUT2D eigenvalue weighted by atomic mass is 16.5. The average molecular weight is 290 g/mol. The molecule has 0 bridgehead atoms. The van der Waals surface area contributed by atoms with Crippen molar-refractivity contribution in [3.05, 3.63) is 90.3 Å². The molecule has 1 unspecified atom stereocenters. The van der Waals surface area contributed by atoms with E-state index in [4.69, 9.17) is 4.74 Å². The zero-order valence-corrected chi connectivity index (χ0v) is 12.4. The van der Waals surface area contributed by atoms with Gasteiger partial charge in [0.2, 0.25) is 0 Å². The highest BCUT2D eigenvalue weighted by molar-refractivity contribution is 5.50. The molecule has 0 saturated heterocycles. The standard InChI is InChI=1S/C19H18N2O/c1-22-17-12-10-16(11-13-17)21-19(15-7-3-2-4-8-15)18-9-5-6-14-20-18/h2-14,19,21H,1H3. The van der Waals surface area contributed by atoms with Gasteiger partial charge in [-0.3, -0.25) is 4.98 Å². The molecule has 3 aromatic rings. The van der Waals surface area contributed by atoms with Gasteiger partial charge in [-0.1, -0.05) is 36.4 Å². The third-order valence-electron chi connectivity index (χ3n) is 3.52. The van der Waals surface area contributed by atoms with Crippen LogP contribution in [-0.4, -0.2) is 12.1 Å². The summed E-state index contributed by atoms with van der Waals surface area (Å²) >= 11 is 0. The van der Waals surface area contributed by atoms with Gasteiger partial charge in [0, 0.05) is 11.9 Å². The summed E-state index contributed by atoms with van der Waals surface area (Å²) in [5, 5.41) is 3.54. The van der Waals surface area contributed by atoms with Gasteiger partial charge >= 0.3 is 0 Å². The summed E-state index contributed by atoms with van der Waals surface area (Å²) in [4.78, 5) is 4.50. The van der Waals surface area contributed by atoms with Gasteiger partial charge in [0.25, 0.3) is 0 Å². The van der Waals surface area contributed by atoms with Crippen molar-refractivity contribution in [1.29, 1.82) is 0 Å². The predicted octanol–water partition coefficient (Wildman–Crippen LogP) is 4.29. The number of methoxy groups -OCH3 is 1. The summed E-state index contributed by atoms with van der Waals surface area (Å²) in [7, 11) is 1.67. The molecule has 0 spiro atoms. The number of ether oxygens (including phenoxy) is 1. The topological polar surface area (TPSA) is 34.1 Å². The molecule has 2 aromatic carbocycles. The molecule has 1 heterocycles. The van der Waals surface area contributed by atoms with Crippen molar-refractivity contribution in [2.75, 3.05) is 12.4 Å². The quantitative estimate of drug-likeness (QED) is 0.761. The Bertz CT molecular complexity index is 657. The Morgan fingerprint density at radius 3 is 2.23 bits per heavy atom. The zero-order chi connectivity index (χ0) is 15.2. The Balaban J connectivity index is 1.91. The minimum Gasteiger partial charge on any atom is -0.497 e. The van der Waals surface area contributed by atoms with E-state index in [9.17, 15) is 0 Å². The second-order valence-corrected chi connectivity index (χ2v) is 4.97. The van der Waals surface area contributed by atoms with E-state index < -0.39 is 0 Å². The number of hydrogen-bond donors (Lipinski definition) is 1. The molecule has 0 radical (unpaired) electrons. The van der Waals surface area contributed by atoms with E-state index in [0.29, 0.717) is 0 Å². The summed E-state index contributed by atoms with van der Waals surface area (Å²) in [5.74, 6) is 0.847. The first-order chi connectivity index (χ1) is 10.9. The van der Waals surface area contributed by atoms with Gasteiger partial charge in [-0.25, -0.2) is 0 Å². The molecule has 1 atom stereocenters. The van der Waals surface area contributed by atoms with Crippen molar-refractivity contribution >= 4 is 5.69 Å². The van der Waals surface area contributed by atoms with E-state index >= 15 is 0 Å². The first kappa shape index (κ1) is 14.1. The fraction of sp³-hybridized carbons (Fsp3) is 0.105. The minimum atomic E-state index is 0.01000. The van der Waals surface area contributed by atoms with Crippen LogP contribution in [-0.2, 0) is 0 Å². The third kappa shape index (κ3) is 3.26. The van der Waals surface area contributed by atoms with Crippen LogP contribution in [0.2, 0.25) is 0 Å². The summed E-state index contributed by atoms with van der Waals surface area (Å²) in [6, 6.07) is 24.2. The fourth-order valence-corrected chi connectivity index (χ4v) is 2.37. The summed E-state index contributed by atoms with van der Waals surface area (Å²) in [5.41, 5.74) is 3.20. The van der Waals surface area contributed by atoms with Crippen LogP contribution in [0.25, 0.3) is 0 Å². The molecule has 110 valence electrons. The molecule has 0 amide bonds. The lowest BCUT2D eigenvalue weighted by Crippen LogP contribution is -2.13. The Hall–Kier alpha value is -2.81. The van der Waals surface area contributed by atoms with Crippen LogP contribution < -0.4 is 10.1 Å². The first-order valence-electron chi connectivity index (χ1n) is 7.23. The van der Waals surface area contributed by atoms with Gasteiger partial charge in [-0.15, -0.1) is 0 Å².